The van der Waals surface area contributed by atoms with Gasteiger partial charge in [0.1, 0.15) is 0 Å². The summed E-state index contributed by atoms with van der Waals surface area (Å²) in [5.41, 5.74) is 0.0273. The second kappa shape index (κ2) is 6.42. The molecule has 6 heteroatoms. The predicted octanol–water partition coefficient (Wildman–Crippen LogP) is 3.86. The second-order valence-electron chi connectivity index (χ2n) is 5.15. The molecule has 1 aromatic rings. The van der Waals surface area contributed by atoms with Crippen molar-refractivity contribution in [3.63, 3.8) is 0 Å². The maximum atomic E-state index is 12.5. The summed E-state index contributed by atoms with van der Waals surface area (Å²) in [6.45, 7) is 5.71. The fourth-order valence-electron chi connectivity index (χ4n) is 2.53. The molecule has 1 saturated heterocycles. The van der Waals surface area contributed by atoms with Gasteiger partial charge in [0.25, 0.3) is 0 Å². The van der Waals surface area contributed by atoms with E-state index in [0.29, 0.717) is 25.2 Å². The maximum Gasteiger partial charge on any atom is 0.416 e. The van der Waals surface area contributed by atoms with Gasteiger partial charge in [-0.15, -0.1) is 0 Å². The molecule has 3 nitrogen and oxygen atoms in total. The monoisotopic (exact) mass is 312 g/mol. The van der Waals surface area contributed by atoms with Gasteiger partial charge in [0.05, 0.1) is 11.6 Å². The molecule has 2 rings (SSSR count). The normalized spacial score (nSPS) is 19.5. The average molecular weight is 312 g/mol. The Hall–Kier alpha value is -1.98. The molecule has 1 aromatic carbocycles. The molecule has 1 unspecified atom stereocenters. The fraction of sp³-hybridized carbons (Fsp3) is 0.438. The van der Waals surface area contributed by atoms with Crippen molar-refractivity contribution in [3.8, 4) is 0 Å². The Morgan fingerprint density at radius 2 is 1.82 bits per heavy atom. The van der Waals surface area contributed by atoms with E-state index in [2.05, 4.69) is 0 Å². The Bertz CT molecular complexity index is 552. The van der Waals surface area contributed by atoms with Crippen LogP contribution in [0.15, 0.2) is 30.3 Å². The van der Waals surface area contributed by atoms with Crippen molar-refractivity contribution in [1.82, 2.24) is 9.80 Å². The number of amides is 2. The first-order valence-electron chi connectivity index (χ1n) is 7.27. The van der Waals surface area contributed by atoms with E-state index in [1.807, 2.05) is 19.9 Å². The number of halogens is 3. The summed E-state index contributed by atoms with van der Waals surface area (Å²) in [7, 11) is 0. The number of benzene rings is 1. The summed E-state index contributed by atoms with van der Waals surface area (Å²) >= 11 is 0. The van der Waals surface area contributed by atoms with Crippen LogP contribution in [0.5, 0.6) is 0 Å². The van der Waals surface area contributed by atoms with Gasteiger partial charge in [0.2, 0.25) is 0 Å². The molecule has 120 valence electrons. The fourth-order valence-corrected chi connectivity index (χ4v) is 2.53. The van der Waals surface area contributed by atoms with Gasteiger partial charge < -0.3 is 9.80 Å². The second-order valence-corrected chi connectivity index (χ2v) is 5.15. The molecule has 0 radical (unpaired) electrons. The molecule has 1 aliphatic rings. The molecule has 1 atom stereocenters. The van der Waals surface area contributed by atoms with Crippen molar-refractivity contribution in [1.29, 1.82) is 0 Å². The topological polar surface area (TPSA) is 23.6 Å². The van der Waals surface area contributed by atoms with E-state index in [9.17, 15) is 18.0 Å². The molecule has 2 amide bonds. The van der Waals surface area contributed by atoms with E-state index >= 15 is 0 Å². The molecule has 0 bridgehead atoms. The minimum Gasteiger partial charge on any atom is -0.323 e. The number of likely N-dealkylation sites (N-methyl/N-ethyl adjacent to an activating group) is 2. The molecule has 0 N–H and O–H groups in total. The van der Waals surface area contributed by atoms with Crippen molar-refractivity contribution in [3.05, 3.63) is 41.5 Å². The smallest absolute Gasteiger partial charge is 0.323 e. The van der Waals surface area contributed by atoms with Crippen molar-refractivity contribution in [2.75, 3.05) is 19.6 Å². The molecule has 22 heavy (non-hydrogen) atoms. The van der Waals surface area contributed by atoms with Crippen LogP contribution in [-0.4, -0.2) is 41.5 Å². The first-order chi connectivity index (χ1) is 10.4. The third-order valence-electron chi connectivity index (χ3n) is 3.80. The zero-order chi connectivity index (χ0) is 16.3. The Kier molecular flexibility index (Phi) is 4.78. The van der Waals surface area contributed by atoms with Crippen LogP contribution in [0.3, 0.4) is 0 Å². The van der Waals surface area contributed by atoms with Crippen LogP contribution in [0.4, 0.5) is 18.0 Å². The molecule has 1 aliphatic heterocycles. The summed E-state index contributed by atoms with van der Waals surface area (Å²) in [5.74, 6) is 0. The van der Waals surface area contributed by atoms with Crippen LogP contribution in [0, 0.1) is 0 Å². The lowest BCUT2D eigenvalue weighted by Gasteiger charge is -2.18. The number of hydrogen-bond donors (Lipinski definition) is 0. The standard InChI is InChI=1S/C16H19F3N2O/c1-3-20-11-14(21(4-2)15(20)22)10-7-12-5-8-13(9-6-12)16(17,18)19/h5-10,14H,3-4,11H2,1-2H3/b10-7+. The van der Waals surface area contributed by atoms with Crippen molar-refractivity contribution in [2.45, 2.75) is 26.1 Å². The molecule has 1 heterocycles. The van der Waals surface area contributed by atoms with Crippen molar-refractivity contribution >= 4 is 12.1 Å². The highest BCUT2D eigenvalue weighted by Crippen LogP contribution is 2.29. The van der Waals surface area contributed by atoms with Crippen LogP contribution in [0.2, 0.25) is 0 Å². The van der Waals surface area contributed by atoms with E-state index in [4.69, 9.17) is 0 Å². The quantitative estimate of drug-likeness (QED) is 0.828. The van der Waals surface area contributed by atoms with Crippen LogP contribution in [0.25, 0.3) is 6.08 Å². The molecule has 0 saturated carbocycles. The SMILES string of the molecule is CCN1CC(/C=C/c2ccc(C(F)(F)F)cc2)N(CC)C1=O. The Labute approximate surface area is 128 Å². The summed E-state index contributed by atoms with van der Waals surface area (Å²) in [6, 6.07) is 4.96. The molecule has 0 aromatic heterocycles. The van der Waals surface area contributed by atoms with Crippen LogP contribution >= 0.6 is 0 Å². The number of rotatable bonds is 4. The largest absolute Gasteiger partial charge is 0.416 e. The minimum atomic E-state index is -4.32. The summed E-state index contributed by atoms with van der Waals surface area (Å²) in [4.78, 5) is 15.5. The van der Waals surface area contributed by atoms with E-state index in [1.165, 1.54) is 12.1 Å². The van der Waals surface area contributed by atoms with Gasteiger partial charge in [-0.1, -0.05) is 24.3 Å². The van der Waals surface area contributed by atoms with Gasteiger partial charge in [-0.3, -0.25) is 0 Å². The van der Waals surface area contributed by atoms with Gasteiger partial charge >= 0.3 is 12.2 Å². The molecular formula is C16H19F3N2O. The summed E-state index contributed by atoms with van der Waals surface area (Å²) < 4.78 is 37.5. The first-order valence-corrected chi connectivity index (χ1v) is 7.27. The lowest BCUT2D eigenvalue weighted by molar-refractivity contribution is -0.137. The van der Waals surface area contributed by atoms with Crippen LogP contribution in [0.1, 0.15) is 25.0 Å². The molecule has 0 aliphatic carbocycles. The number of carbonyl (C=O) groups excluding carboxylic acids is 1. The number of carbonyl (C=O) groups is 1. The molecular weight excluding hydrogens is 293 g/mol. The maximum absolute atomic E-state index is 12.5. The van der Waals surface area contributed by atoms with E-state index < -0.39 is 11.7 Å². The van der Waals surface area contributed by atoms with E-state index in [-0.39, 0.29) is 12.1 Å². The lowest BCUT2D eigenvalue weighted by Crippen LogP contribution is -2.33. The summed E-state index contributed by atoms with van der Waals surface area (Å²) in [5, 5.41) is 0. The zero-order valence-electron chi connectivity index (χ0n) is 12.6. The Morgan fingerprint density at radius 3 is 2.32 bits per heavy atom. The highest BCUT2D eigenvalue weighted by molar-refractivity contribution is 5.78. The van der Waals surface area contributed by atoms with Crippen molar-refractivity contribution < 1.29 is 18.0 Å². The number of hydrogen-bond acceptors (Lipinski definition) is 1. The van der Waals surface area contributed by atoms with Crippen LogP contribution in [-0.2, 0) is 6.18 Å². The number of nitrogens with zero attached hydrogens (tertiary/aromatic N) is 2. The average Bonchev–Trinajstić information content (AvgIpc) is 2.80. The highest BCUT2D eigenvalue weighted by Gasteiger charge is 2.33. The highest BCUT2D eigenvalue weighted by atomic mass is 19.4. The van der Waals surface area contributed by atoms with Gasteiger partial charge in [-0.25, -0.2) is 4.79 Å². The zero-order valence-corrected chi connectivity index (χ0v) is 12.6. The van der Waals surface area contributed by atoms with Gasteiger partial charge in [-0.2, -0.15) is 13.2 Å². The third-order valence-corrected chi connectivity index (χ3v) is 3.80. The number of urea groups is 1. The van der Waals surface area contributed by atoms with Crippen molar-refractivity contribution in [2.24, 2.45) is 0 Å². The lowest BCUT2D eigenvalue weighted by atomic mass is 10.1. The van der Waals surface area contributed by atoms with Gasteiger partial charge in [0, 0.05) is 19.6 Å². The van der Waals surface area contributed by atoms with E-state index in [1.54, 1.807) is 15.9 Å². The van der Waals surface area contributed by atoms with Gasteiger partial charge in [-0.05, 0) is 31.5 Å². The third kappa shape index (κ3) is 3.43. The minimum absolute atomic E-state index is 0.00655. The van der Waals surface area contributed by atoms with Crippen LogP contribution < -0.4 is 0 Å². The predicted molar refractivity (Wildman–Crippen MR) is 79.3 cm³/mol. The first kappa shape index (κ1) is 16.4. The Balaban J connectivity index is 2.10. The molecule has 1 fully saturated rings. The number of alkyl halides is 3. The molecule has 0 spiro atoms. The van der Waals surface area contributed by atoms with E-state index in [0.717, 1.165) is 12.1 Å². The van der Waals surface area contributed by atoms with Gasteiger partial charge in [0.15, 0.2) is 0 Å². The Morgan fingerprint density at radius 1 is 1.18 bits per heavy atom. The summed E-state index contributed by atoms with van der Waals surface area (Å²) in [6.07, 6.45) is -0.680.